The van der Waals surface area contributed by atoms with Gasteiger partial charge in [-0.1, -0.05) is 17.3 Å². The Kier molecular flexibility index (Phi) is 7.44. The van der Waals surface area contributed by atoms with Gasteiger partial charge in [-0.15, -0.1) is 13.2 Å². The Bertz CT molecular complexity index is 1140. The molecule has 1 N–H and O–H groups in total. The predicted octanol–water partition coefficient (Wildman–Crippen LogP) is 4.95. The van der Waals surface area contributed by atoms with Gasteiger partial charge in [-0.25, -0.2) is 4.79 Å². The summed E-state index contributed by atoms with van der Waals surface area (Å²) in [6.07, 6.45) is -6.02. The third kappa shape index (κ3) is 6.50. The summed E-state index contributed by atoms with van der Waals surface area (Å²) in [7, 11) is 0. The largest absolute Gasteiger partial charge is 0.573 e. The fourth-order valence-corrected chi connectivity index (χ4v) is 2.88. The highest BCUT2D eigenvalue weighted by Gasteiger charge is 2.31. The first-order valence-electron chi connectivity index (χ1n) is 10.0. The number of aromatic nitrogens is 1. The summed E-state index contributed by atoms with van der Waals surface area (Å²) in [6, 6.07) is 10.9. The van der Waals surface area contributed by atoms with Crippen LogP contribution in [0.2, 0.25) is 0 Å². The molecule has 0 radical (unpaired) electrons. The summed E-state index contributed by atoms with van der Waals surface area (Å²) in [5.74, 6) is -1.04. The van der Waals surface area contributed by atoms with Gasteiger partial charge >= 0.3 is 12.3 Å². The minimum absolute atomic E-state index is 0.113. The van der Waals surface area contributed by atoms with Gasteiger partial charge in [-0.05, 0) is 57.2 Å². The quantitative estimate of drug-likeness (QED) is 0.457. The molecule has 180 valence electrons. The van der Waals surface area contributed by atoms with Gasteiger partial charge in [0, 0.05) is 5.69 Å². The lowest BCUT2D eigenvalue weighted by molar-refractivity contribution is -0.274. The number of hydrogen-bond donors (Lipinski definition) is 1. The van der Waals surface area contributed by atoms with Gasteiger partial charge in [0.25, 0.3) is 5.91 Å². The lowest BCUT2D eigenvalue weighted by atomic mass is 10.2. The van der Waals surface area contributed by atoms with Crippen molar-refractivity contribution in [3.8, 4) is 11.5 Å². The van der Waals surface area contributed by atoms with E-state index in [1.165, 1.54) is 25.1 Å². The van der Waals surface area contributed by atoms with Crippen molar-refractivity contribution in [1.29, 1.82) is 0 Å². The Morgan fingerprint density at radius 1 is 1.09 bits per heavy atom. The van der Waals surface area contributed by atoms with E-state index in [0.29, 0.717) is 11.5 Å². The van der Waals surface area contributed by atoms with Crippen LogP contribution in [0.3, 0.4) is 0 Å². The zero-order valence-corrected chi connectivity index (χ0v) is 18.4. The molecule has 11 heteroatoms. The van der Waals surface area contributed by atoms with Gasteiger partial charge in [-0.2, -0.15) is 0 Å². The maximum atomic E-state index is 12.7. The first-order valence-corrected chi connectivity index (χ1v) is 10.0. The number of anilines is 1. The topological polar surface area (TPSA) is 99.9 Å². The molecule has 1 atom stereocenters. The second-order valence-corrected chi connectivity index (χ2v) is 7.20. The van der Waals surface area contributed by atoms with E-state index in [1.54, 1.807) is 32.0 Å². The monoisotopic (exact) mass is 478 g/mol. The number of carbonyl (C=O) groups is 2. The van der Waals surface area contributed by atoms with Crippen molar-refractivity contribution in [2.75, 3.05) is 5.32 Å². The standard InChI is InChI=1S/C23H21F3N2O6/c1-13-19(14(2)34-28-13)12-31-20-7-5-4-6-18(20)22(30)32-15(3)21(29)27-16-8-10-17(11-9-16)33-23(24,25)26/h4-11,15H,12H2,1-3H3,(H,27,29). The molecule has 8 nitrogen and oxygen atoms in total. The number of rotatable bonds is 8. The van der Waals surface area contributed by atoms with E-state index in [1.807, 2.05) is 0 Å². The predicted molar refractivity (Wildman–Crippen MR) is 113 cm³/mol. The van der Waals surface area contributed by atoms with E-state index in [-0.39, 0.29) is 23.6 Å². The van der Waals surface area contributed by atoms with Gasteiger partial charge in [0.05, 0.1) is 11.3 Å². The van der Waals surface area contributed by atoms with E-state index < -0.39 is 30.1 Å². The SMILES string of the molecule is Cc1noc(C)c1COc1ccccc1C(=O)OC(C)C(=O)Nc1ccc(OC(F)(F)F)cc1. The molecule has 3 rings (SSSR count). The Morgan fingerprint density at radius 2 is 1.76 bits per heavy atom. The van der Waals surface area contributed by atoms with Crippen LogP contribution in [0.25, 0.3) is 0 Å². The molecule has 2 aromatic carbocycles. The zero-order chi connectivity index (χ0) is 24.9. The molecular weight excluding hydrogens is 457 g/mol. The number of aryl methyl sites for hydroxylation is 2. The number of esters is 1. The molecule has 0 fully saturated rings. The Morgan fingerprint density at radius 3 is 2.38 bits per heavy atom. The van der Waals surface area contributed by atoms with E-state index >= 15 is 0 Å². The lowest BCUT2D eigenvalue weighted by Crippen LogP contribution is -2.30. The third-order valence-electron chi connectivity index (χ3n) is 4.67. The number of hydrogen-bond acceptors (Lipinski definition) is 7. The summed E-state index contributed by atoms with van der Waals surface area (Å²) in [5.41, 5.74) is 1.73. The minimum Gasteiger partial charge on any atom is -0.488 e. The van der Waals surface area contributed by atoms with Gasteiger partial charge in [-0.3, -0.25) is 4.79 Å². The molecule has 1 amide bonds. The van der Waals surface area contributed by atoms with Crippen LogP contribution in [0.4, 0.5) is 18.9 Å². The number of alkyl halides is 3. The molecule has 0 aliphatic heterocycles. The van der Waals surface area contributed by atoms with Crippen LogP contribution in [-0.2, 0) is 16.1 Å². The molecule has 34 heavy (non-hydrogen) atoms. The molecule has 3 aromatic rings. The highest BCUT2D eigenvalue weighted by Crippen LogP contribution is 2.25. The summed E-state index contributed by atoms with van der Waals surface area (Å²) in [4.78, 5) is 25.1. The Balaban J connectivity index is 1.60. The highest BCUT2D eigenvalue weighted by molar-refractivity contribution is 5.98. The van der Waals surface area contributed by atoms with Crippen LogP contribution in [0.5, 0.6) is 11.5 Å². The van der Waals surface area contributed by atoms with Crippen LogP contribution in [0, 0.1) is 13.8 Å². The number of ether oxygens (including phenoxy) is 3. The van der Waals surface area contributed by atoms with E-state index in [2.05, 4.69) is 15.2 Å². The number of benzene rings is 2. The fraction of sp³-hybridized carbons (Fsp3) is 0.261. The number of carbonyl (C=O) groups excluding carboxylic acids is 2. The molecule has 0 saturated carbocycles. The van der Waals surface area contributed by atoms with Gasteiger partial charge < -0.3 is 24.1 Å². The molecule has 0 spiro atoms. The van der Waals surface area contributed by atoms with E-state index in [9.17, 15) is 22.8 Å². The molecule has 1 unspecified atom stereocenters. The molecule has 0 aliphatic rings. The van der Waals surface area contributed by atoms with Crippen LogP contribution in [0.15, 0.2) is 53.1 Å². The number of para-hydroxylation sites is 1. The zero-order valence-electron chi connectivity index (χ0n) is 18.4. The molecule has 0 saturated heterocycles. The summed E-state index contributed by atoms with van der Waals surface area (Å²) < 4.78 is 56.6. The van der Waals surface area contributed by atoms with Crippen molar-refractivity contribution < 1.29 is 41.5 Å². The Hall–Kier alpha value is -4.02. The summed E-state index contributed by atoms with van der Waals surface area (Å²) >= 11 is 0. The highest BCUT2D eigenvalue weighted by atomic mass is 19.4. The second-order valence-electron chi connectivity index (χ2n) is 7.20. The van der Waals surface area contributed by atoms with E-state index in [4.69, 9.17) is 14.0 Å². The molecular formula is C23H21F3N2O6. The number of amides is 1. The van der Waals surface area contributed by atoms with Crippen molar-refractivity contribution in [1.82, 2.24) is 5.16 Å². The Labute approximate surface area is 192 Å². The average molecular weight is 478 g/mol. The van der Waals surface area contributed by atoms with Gasteiger partial charge in [0.15, 0.2) is 6.10 Å². The second kappa shape index (κ2) is 10.3. The van der Waals surface area contributed by atoms with Crippen molar-refractivity contribution in [3.05, 3.63) is 71.1 Å². The smallest absolute Gasteiger partial charge is 0.488 e. The van der Waals surface area contributed by atoms with Crippen LogP contribution < -0.4 is 14.8 Å². The number of nitrogens with one attached hydrogen (secondary N) is 1. The molecule has 0 aliphatic carbocycles. The van der Waals surface area contributed by atoms with Crippen LogP contribution in [0.1, 0.15) is 34.3 Å². The van der Waals surface area contributed by atoms with Gasteiger partial charge in [0.1, 0.15) is 29.4 Å². The number of halogens is 3. The average Bonchev–Trinajstić information content (AvgIpc) is 3.10. The van der Waals surface area contributed by atoms with E-state index in [0.717, 1.165) is 17.7 Å². The maximum absolute atomic E-state index is 12.7. The van der Waals surface area contributed by atoms with Crippen LogP contribution >= 0.6 is 0 Å². The van der Waals surface area contributed by atoms with Crippen LogP contribution in [-0.4, -0.2) is 29.5 Å². The van der Waals surface area contributed by atoms with Gasteiger partial charge in [0.2, 0.25) is 0 Å². The fourth-order valence-electron chi connectivity index (χ4n) is 2.88. The summed E-state index contributed by atoms with van der Waals surface area (Å²) in [6.45, 7) is 5.00. The third-order valence-corrected chi connectivity index (χ3v) is 4.67. The maximum Gasteiger partial charge on any atom is 0.573 e. The van der Waals surface area contributed by atoms with Crippen molar-refractivity contribution in [3.63, 3.8) is 0 Å². The minimum atomic E-state index is -4.82. The first-order chi connectivity index (χ1) is 16.0. The molecule has 0 bridgehead atoms. The molecule has 1 aromatic heterocycles. The van der Waals surface area contributed by atoms with Crippen molar-refractivity contribution in [2.45, 2.75) is 39.8 Å². The van der Waals surface area contributed by atoms with Crippen molar-refractivity contribution in [2.24, 2.45) is 0 Å². The number of nitrogens with zero attached hydrogens (tertiary/aromatic N) is 1. The first kappa shape index (κ1) is 24.6. The van der Waals surface area contributed by atoms with Crippen molar-refractivity contribution >= 4 is 17.6 Å². The summed E-state index contributed by atoms with van der Waals surface area (Å²) in [5, 5.41) is 6.31. The normalized spacial score (nSPS) is 12.1. The lowest BCUT2D eigenvalue weighted by Gasteiger charge is -2.16. The molecule has 1 heterocycles.